The lowest BCUT2D eigenvalue weighted by molar-refractivity contribution is -0.392. The molecular weight excluding hydrogens is 311 g/mol. The number of nitrogens with one attached hydrogen (secondary N) is 1. The van der Waals surface area contributed by atoms with Crippen molar-refractivity contribution >= 4 is 17.1 Å². The van der Waals surface area contributed by atoms with Crippen molar-refractivity contribution < 1.29 is 27.8 Å². The van der Waals surface area contributed by atoms with Gasteiger partial charge in [0.25, 0.3) is 11.4 Å². The summed E-state index contributed by atoms with van der Waals surface area (Å²) in [6.45, 7) is 0.357. The fraction of sp³-hybridized carbons (Fsp3) is 0.455. The molecule has 0 aromatic heterocycles. The predicted molar refractivity (Wildman–Crippen MR) is 69.7 cm³/mol. The lowest BCUT2D eigenvalue weighted by Crippen LogP contribution is -2.12. The van der Waals surface area contributed by atoms with Crippen molar-refractivity contribution in [3.63, 3.8) is 0 Å². The highest BCUT2D eigenvalue weighted by molar-refractivity contribution is 5.75. The third-order valence-corrected chi connectivity index (χ3v) is 2.64. The summed E-state index contributed by atoms with van der Waals surface area (Å²) in [5.41, 5.74) is -4.01. The van der Waals surface area contributed by atoms with E-state index in [1.165, 1.54) is 7.11 Å². The monoisotopic (exact) mass is 323 g/mol. The number of nitrogens with zero attached hydrogens (tertiary/aromatic N) is 2. The molecule has 0 spiro atoms. The molecule has 0 aliphatic carbocycles. The van der Waals surface area contributed by atoms with Crippen LogP contribution in [0, 0.1) is 20.2 Å². The number of halogens is 3. The topological polar surface area (TPSA) is 108 Å². The van der Waals surface area contributed by atoms with Gasteiger partial charge in [0.1, 0.15) is 0 Å². The first-order valence-corrected chi connectivity index (χ1v) is 5.95. The van der Waals surface area contributed by atoms with Crippen LogP contribution in [0.15, 0.2) is 12.1 Å². The first kappa shape index (κ1) is 17.6. The lowest BCUT2D eigenvalue weighted by Gasteiger charge is -2.11. The van der Waals surface area contributed by atoms with E-state index < -0.39 is 38.6 Å². The van der Waals surface area contributed by atoms with Crippen LogP contribution in [0.2, 0.25) is 0 Å². The van der Waals surface area contributed by atoms with Crippen molar-refractivity contribution in [1.82, 2.24) is 0 Å². The first-order valence-electron chi connectivity index (χ1n) is 5.95. The summed E-state index contributed by atoms with van der Waals surface area (Å²) in [4.78, 5) is 19.6. The van der Waals surface area contributed by atoms with E-state index in [1.807, 2.05) is 0 Å². The second kappa shape index (κ2) is 7.02. The minimum absolute atomic E-state index is 0.0703. The van der Waals surface area contributed by atoms with Crippen LogP contribution >= 0.6 is 0 Å². The van der Waals surface area contributed by atoms with Gasteiger partial charge in [-0.15, -0.1) is 0 Å². The van der Waals surface area contributed by atoms with Gasteiger partial charge in [-0.05, 0) is 6.42 Å². The summed E-state index contributed by atoms with van der Waals surface area (Å²) in [5.74, 6) is 0. The van der Waals surface area contributed by atoms with E-state index in [0.29, 0.717) is 6.42 Å². The normalized spacial score (nSPS) is 11.3. The minimum Gasteiger partial charge on any atom is -0.385 e. The summed E-state index contributed by atoms with van der Waals surface area (Å²) in [6, 6.07) is 0.539. The fourth-order valence-corrected chi connectivity index (χ4v) is 1.67. The van der Waals surface area contributed by atoms with Gasteiger partial charge in [0.05, 0.1) is 15.4 Å². The number of ether oxygens (including phenoxy) is 1. The van der Waals surface area contributed by atoms with E-state index >= 15 is 0 Å². The maximum atomic E-state index is 12.7. The van der Waals surface area contributed by atoms with E-state index in [4.69, 9.17) is 4.74 Å². The molecule has 1 rings (SSSR count). The standard InChI is InChI=1S/C11H12F3N3O5/c1-22-4-2-3-15-10-8(16(18)19)5-7(11(12,13)14)6-9(10)17(20)21/h5-6,15H,2-4H2,1H3. The molecule has 0 aliphatic rings. The lowest BCUT2D eigenvalue weighted by atomic mass is 10.1. The summed E-state index contributed by atoms with van der Waals surface area (Å²) in [7, 11) is 1.42. The molecule has 0 bridgehead atoms. The summed E-state index contributed by atoms with van der Waals surface area (Å²) >= 11 is 0. The average molecular weight is 323 g/mol. The molecule has 22 heavy (non-hydrogen) atoms. The quantitative estimate of drug-likeness (QED) is 0.469. The minimum atomic E-state index is -4.93. The molecule has 11 heteroatoms. The fourth-order valence-electron chi connectivity index (χ4n) is 1.67. The van der Waals surface area contributed by atoms with Gasteiger partial charge in [0, 0.05) is 32.4 Å². The Morgan fingerprint density at radius 2 is 1.68 bits per heavy atom. The Morgan fingerprint density at radius 1 is 1.18 bits per heavy atom. The molecule has 1 aromatic carbocycles. The molecule has 0 unspecified atom stereocenters. The zero-order valence-electron chi connectivity index (χ0n) is 11.3. The van der Waals surface area contributed by atoms with E-state index in [0.717, 1.165) is 0 Å². The molecule has 8 nitrogen and oxygen atoms in total. The number of rotatable bonds is 7. The Hall–Kier alpha value is -2.43. The highest BCUT2D eigenvalue weighted by atomic mass is 19.4. The van der Waals surface area contributed by atoms with Crippen molar-refractivity contribution in [2.24, 2.45) is 0 Å². The van der Waals surface area contributed by atoms with Crippen molar-refractivity contribution in [1.29, 1.82) is 0 Å². The largest absolute Gasteiger partial charge is 0.416 e. The second-order valence-electron chi connectivity index (χ2n) is 4.17. The predicted octanol–water partition coefficient (Wildman–Crippen LogP) is 2.97. The molecule has 0 saturated carbocycles. The van der Waals surface area contributed by atoms with Crippen LogP contribution in [0.3, 0.4) is 0 Å². The zero-order valence-corrected chi connectivity index (χ0v) is 11.3. The Morgan fingerprint density at radius 3 is 2.05 bits per heavy atom. The second-order valence-corrected chi connectivity index (χ2v) is 4.17. The van der Waals surface area contributed by atoms with Crippen LogP contribution in [0.4, 0.5) is 30.2 Å². The number of alkyl halides is 3. The number of hydrogen-bond donors (Lipinski definition) is 1. The Bertz CT molecular complexity index is 542. The summed E-state index contributed by atoms with van der Waals surface area (Å²) in [6.07, 6.45) is -4.56. The van der Waals surface area contributed by atoms with Crippen LogP contribution < -0.4 is 5.32 Å². The molecule has 0 heterocycles. The number of methoxy groups -OCH3 is 1. The third-order valence-electron chi connectivity index (χ3n) is 2.64. The Kier molecular flexibility index (Phi) is 5.63. The third kappa shape index (κ3) is 4.28. The van der Waals surface area contributed by atoms with Crippen molar-refractivity contribution in [3.05, 3.63) is 37.9 Å². The Balaban J connectivity index is 3.32. The number of anilines is 1. The molecule has 0 radical (unpaired) electrons. The van der Waals surface area contributed by atoms with E-state index in [2.05, 4.69) is 5.32 Å². The number of hydrogen-bond acceptors (Lipinski definition) is 6. The van der Waals surface area contributed by atoms with Gasteiger partial charge in [-0.25, -0.2) is 0 Å². The van der Waals surface area contributed by atoms with Crippen LogP contribution in [0.5, 0.6) is 0 Å². The van der Waals surface area contributed by atoms with Crippen molar-refractivity contribution in [2.45, 2.75) is 12.6 Å². The van der Waals surface area contributed by atoms with Crippen LogP contribution in [0.1, 0.15) is 12.0 Å². The van der Waals surface area contributed by atoms with Crippen LogP contribution in [-0.4, -0.2) is 30.1 Å². The van der Waals surface area contributed by atoms with Gasteiger partial charge in [0.2, 0.25) is 0 Å². The molecule has 0 amide bonds. The SMILES string of the molecule is COCCCNc1c([N+](=O)[O-])cc(C(F)(F)F)cc1[N+](=O)[O-]. The van der Waals surface area contributed by atoms with Gasteiger partial charge in [-0.2, -0.15) is 13.2 Å². The number of nitro groups is 2. The first-order chi connectivity index (χ1) is 10.2. The molecule has 122 valence electrons. The molecule has 0 aliphatic heterocycles. The molecule has 1 aromatic rings. The van der Waals surface area contributed by atoms with E-state index in [-0.39, 0.29) is 25.3 Å². The van der Waals surface area contributed by atoms with Crippen LogP contribution in [-0.2, 0) is 10.9 Å². The molecular formula is C11H12F3N3O5. The number of benzene rings is 1. The van der Waals surface area contributed by atoms with Gasteiger partial charge in [-0.1, -0.05) is 0 Å². The Labute approximate surface area is 122 Å². The maximum absolute atomic E-state index is 12.7. The number of nitro benzene ring substituents is 2. The van der Waals surface area contributed by atoms with Crippen molar-refractivity contribution in [2.75, 3.05) is 25.6 Å². The summed E-state index contributed by atoms with van der Waals surface area (Å²) in [5, 5.41) is 24.3. The molecule has 0 atom stereocenters. The van der Waals surface area contributed by atoms with Gasteiger partial charge in [-0.3, -0.25) is 20.2 Å². The van der Waals surface area contributed by atoms with Gasteiger partial charge < -0.3 is 10.1 Å². The zero-order chi connectivity index (χ0) is 16.9. The molecule has 0 fully saturated rings. The van der Waals surface area contributed by atoms with E-state index in [9.17, 15) is 33.4 Å². The van der Waals surface area contributed by atoms with Gasteiger partial charge >= 0.3 is 6.18 Å². The van der Waals surface area contributed by atoms with E-state index in [1.54, 1.807) is 0 Å². The smallest absolute Gasteiger partial charge is 0.385 e. The molecule has 1 N–H and O–H groups in total. The van der Waals surface area contributed by atoms with Crippen molar-refractivity contribution in [3.8, 4) is 0 Å². The molecule has 0 saturated heterocycles. The average Bonchev–Trinajstić information content (AvgIpc) is 2.41. The highest BCUT2D eigenvalue weighted by Crippen LogP contribution is 2.41. The van der Waals surface area contributed by atoms with Gasteiger partial charge in [0.15, 0.2) is 5.69 Å². The van der Waals surface area contributed by atoms with Crippen LogP contribution in [0.25, 0.3) is 0 Å². The summed E-state index contributed by atoms with van der Waals surface area (Å²) < 4.78 is 42.8. The maximum Gasteiger partial charge on any atom is 0.416 e. The highest BCUT2D eigenvalue weighted by Gasteiger charge is 2.37.